The molecule has 0 unspecified atom stereocenters. The summed E-state index contributed by atoms with van der Waals surface area (Å²) in [5.74, 6) is 2.94. The highest BCUT2D eigenvalue weighted by Gasteiger charge is 2.16. The molecule has 0 bridgehead atoms. The Balaban J connectivity index is 1.49. The van der Waals surface area contributed by atoms with Crippen molar-refractivity contribution < 1.29 is 0 Å². The minimum atomic E-state index is 0.210. The molecule has 2 aromatic heterocycles. The van der Waals surface area contributed by atoms with Gasteiger partial charge in [-0.05, 0) is 30.9 Å². The van der Waals surface area contributed by atoms with Crippen LogP contribution in [0.4, 0.5) is 17.6 Å². The summed E-state index contributed by atoms with van der Waals surface area (Å²) in [6, 6.07) is 8.11. The van der Waals surface area contributed by atoms with Gasteiger partial charge in [0.05, 0.1) is 5.75 Å². The van der Waals surface area contributed by atoms with Gasteiger partial charge in [-0.15, -0.1) is 10.2 Å². The van der Waals surface area contributed by atoms with Crippen LogP contribution in [0.3, 0.4) is 0 Å². The second-order valence-corrected chi connectivity index (χ2v) is 7.66. The number of para-hydroxylation sites is 1. The number of hydrogen-bond donors (Lipinski definition) is 2. The zero-order chi connectivity index (χ0) is 19.3. The Kier molecular flexibility index (Phi) is 5.70. The van der Waals surface area contributed by atoms with Crippen molar-refractivity contribution in [2.75, 3.05) is 11.1 Å². The fourth-order valence-corrected chi connectivity index (χ4v) is 4.16. The number of aryl methyl sites for hydroxylation is 2. The number of benzene rings is 1. The first-order valence-corrected chi connectivity index (χ1v) is 10.6. The maximum atomic E-state index is 5.92. The highest BCUT2D eigenvalue weighted by Crippen LogP contribution is 2.25. The lowest BCUT2D eigenvalue weighted by Crippen LogP contribution is -2.08. The molecule has 28 heavy (non-hydrogen) atoms. The smallest absolute Gasteiger partial charge is 0.232 e. The minimum Gasteiger partial charge on any atom is -0.368 e. The molecule has 0 amide bonds. The molecule has 1 aromatic carbocycles. The normalized spacial score (nSPS) is 13.8. The Morgan fingerprint density at radius 3 is 2.89 bits per heavy atom. The van der Waals surface area contributed by atoms with Crippen molar-refractivity contribution in [2.24, 2.45) is 0 Å². The van der Waals surface area contributed by atoms with Gasteiger partial charge in [0.2, 0.25) is 11.9 Å². The zero-order valence-electron chi connectivity index (χ0n) is 15.9. The van der Waals surface area contributed by atoms with E-state index in [0.717, 1.165) is 36.1 Å². The average molecular weight is 397 g/mol. The summed E-state index contributed by atoms with van der Waals surface area (Å²) < 4.78 is 2.22. The third-order valence-corrected chi connectivity index (χ3v) is 5.71. The van der Waals surface area contributed by atoms with Gasteiger partial charge in [0.15, 0.2) is 5.16 Å². The van der Waals surface area contributed by atoms with Gasteiger partial charge >= 0.3 is 0 Å². The van der Waals surface area contributed by atoms with Crippen LogP contribution in [0.5, 0.6) is 0 Å². The second-order valence-electron chi connectivity index (χ2n) is 6.72. The van der Waals surface area contributed by atoms with Gasteiger partial charge in [-0.3, -0.25) is 0 Å². The molecule has 0 spiro atoms. The van der Waals surface area contributed by atoms with E-state index in [9.17, 15) is 0 Å². The number of rotatable bonds is 6. The van der Waals surface area contributed by atoms with Crippen LogP contribution in [0.2, 0.25) is 0 Å². The van der Waals surface area contributed by atoms with Crippen molar-refractivity contribution >= 4 is 29.3 Å². The minimum absolute atomic E-state index is 0.210. The van der Waals surface area contributed by atoms with E-state index >= 15 is 0 Å². The third-order valence-electron chi connectivity index (χ3n) is 4.75. The molecule has 0 radical (unpaired) electrons. The number of thioether (sulfide) groups is 1. The van der Waals surface area contributed by atoms with Crippen LogP contribution in [-0.4, -0.2) is 29.7 Å². The molecule has 3 N–H and O–H groups in total. The summed E-state index contributed by atoms with van der Waals surface area (Å²) in [5.41, 5.74) is 8.10. The maximum absolute atomic E-state index is 5.92. The average Bonchev–Trinajstić information content (AvgIpc) is 2.92. The number of nitrogen functional groups attached to an aromatic ring is 1. The molecule has 146 valence electrons. The van der Waals surface area contributed by atoms with Crippen LogP contribution >= 0.6 is 11.8 Å². The Bertz CT molecular complexity index is 955. The molecular weight excluding hydrogens is 372 g/mol. The number of nitrogens with zero attached hydrogens (tertiary/aromatic N) is 6. The number of fused-ring (bicyclic) bond motifs is 1. The van der Waals surface area contributed by atoms with Crippen molar-refractivity contribution in [1.29, 1.82) is 0 Å². The van der Waals surface area contributed by atoms with Crippen LogP contribution in [-0.2, 0) is 25.1 Å². The van der Waals surface area contributed by atoms with Gasteiger partial charge in [0, 0.05) is 18.7 Å². The molecule has 0 aliphatic carbocycles. The molecule has 9 heteroatoms. The number of hydrogen-bond acceptors (Lipinski definition) is 8. The molecule has 1 aliphatic heterocycles. The molecular formula is C19H24N8S. The van der Waals surface area contributed by atoms with Crippen LogP contribution in [0.25, 0.3) is 0 Å². The molecule has 3 aromatic rings. The van der Waals surface area contributed by atoms with Crippen LogP contribution in [0.15, 0.2) is 29.4 Å². The lowest BCUT2D eigenvalue weighted by molar-refractivity contribution is 0.591. The number of aromatic nitrogens is 6. The Labute approximate surface area is 168 Å². The predicted molar refractivity (Wildman–Crippen MR) is 110 cm³/mol. The molecule has 3 heterocycles. The lowest BCUT2D eigenvalue weighted by atomic mass is 10.1. The van der Waals surface area contributed by atoms with Crippen molar-refractivity contribution in [3.8, 4) is 0 Å². The molecule has 0 saturated heterocycles. The molecule has 0 atom stereocenters. The summed E-state index contributed by atoms with van der Waals surface area (Å²) in [5, 5.41) is 12.9. The first-order valence-electron chi connectivity index (χ1n) is 9.63. The standard InChI is InChI=1S/C19H24N8S/c1-2-13-8-5-6-9-14(13)21-18-23-15(22-17(20)24-18)12-28-19-26-25-16-10-4-3-7-11-27(16)19/h5-6,8-9H,2-4,7,10-12H2,1H3,(H3,20,21,22,23,24). The SMILES string of the molecule is CCc1ccccc1Nc1nc(N)nc(CSc2nnc3n2CCCCC3)n1. The summed E-state index contributed by atoms with van der Waals surface area (Å²) in [7, 11) is 0. The van der Waals surface area contributed by atoms with E-state index in [-0.39, 0.29) is 5.95 Å². The fourth-order valence-electron chi connectivity index (χ4n) is 3.32. The monoisotopic (exact) mass is 396 g/mol. The Morgan fingerprint density at radius 2 is 2.00 bits per heavy atom. The van der Waals surface area contributed by atoms with Gasteiger partial charge < -0.3 is 15.6 Å². The van der Waals surface area contributed by atoms with Crippen LogP contribution in [0.1, 0.15) is 43.4 Å². The fraction of sp³-hybridized carbons (Fsp3) is 0.421. The Morgan fingerprint density at radius 1 is 1.11 bits per heavy atom. The first-order chi connectivity index (χ1) is 13.7. The van der Waals surface area contributed by atoms with Crippen LogP contribution < -0.4 is 11.1 Å². The topological polar surface area (TPSA) is 107 Å². The quantitative estimate of drug-likeness (QED) is 0.611. The van der Waals surface area contributed by atoms with E-state index in [0.29, 0.717) is 17.5 Å². The number of nitrogens with one attached hydrogen (secondary N) is 1. The van der Waals surface area contributed by atoms with Crippen molar-refractivity contribution in [2.45, 2.75) is 56.5 Å². The van der Waals surface area contributed by atoms with Gasteiger partial charge in [-0.1, -0.05) is 43.3 Å². The number of anilines is 3. The van der Waals surface area contributed by atoms with Crippen LogP contribution in [0, 0.1) is 0 Å². The van der Waals surface area contributed by atoms with E-state index in [1.54, 1.807) is 11.8 Å². The molecule has 1 aliphatic rings. The van der Waals surface area contributed by atoms with Gasteiger partial charge in [0.1, 0.15) is 11.6 Å². The van der Waals surface area contributed by atoms with E-state index in [1.807, 2.05) is 18.2 Å². The second kappa shape index (κ2) is 8.55. The molecule has 0 fully saturated rings. The molecule has 4 rings (SSSR count). The summed E-state index contributed by atoms with van der Waals surface area (Å²) in [6.07, 6.45) is 5.51. The zero-order valence-corrected chi connectivity index (χ0v) is 16.7. The van der Waals surface area contributed by atoms with E-state index in [4.69, 9.17) is 5.73 Å². The predicted octanol–water partition coefficient (Wildman–Crippen LogP) is 3.37. The van der Waals surface area contributed by atoms with Crippen molar-refractivity contribution in [1.82, 2.24) is 29.7 Å². The van der Waals surface area contributed by atoms with Gasteiger partial charge in [-0.2, -0.15) is 15.0 Å². The largest absolute Gasteiger partial charge is 0.368 e. The summed E-state index contributed by atoms with van der Waals surface area (Å²) in [6.45, 7) is 3.09. The molecule has 8 nitrogen and oxygen atoms in total. The van der Waals surface area contributed by atoms with Gasteiger partial charge in [0.25, 0.3) is 0 Å². The summed E-state index contributed by atoms with van der Waals surface area (Å²) >= 11 is 1.59. The number of nitrogens with two attached hydrogens (primary N) is 1. The van der Waals surface area contributed by atoms with Gasteiger partial charge in [-0.25, -0.2) is 0 Å². The molecule has 0 saturated carbocycles. The van der Waals surface area contributed by atoms with E-state index in [2.05, 4.69) is 48.0 Å². The van der Waals surface area contributed by atoms with Crippen molar-refractivity contribution in [3.05, 3.63) is 41.5 Å². The van der Waals surface area contributed by atoms with E-state index < -0.39 is 0 Å². The lowest BCUT2D eigenvalue weighted by Gasteiger charge is -2.10. The van der Waals surface area contributed by atoms with Crippen molar-refractivity contribution in [3.63, 3.8) is 0 Å². The highest BCUT2D eigenvalue weighted by atomic mass is 32.2. The summed E-state index contributed by atoms with van der Waals surface area (Å²) in [4.78, 5) is 13.1. The highest BCUT2D eigenvalue weighted by molar-refractivity contribution is 7.98. The third kappa shape index (κ3) is 4.24. The van der Waals surface area contributed by atoms with E-state index in [1.165, 1.54) is 24.8 Å². The Hall–Kier alpha value is -2.68. The maximum Gasteiger partial charge on any atom is 0.232 e. The first kappa shape index (κ1) is 18.7.